The zero-order valence-corrected chi connectivity index (χ0v) is 19.6. The summed E-state index contributed by atoms with van der Waals surface area (Å²) in [6.07, 6.45) is 0. The van der Waals surface area contributed by atoms with E-state index in [4.69, 9.17) is 0 Å². The lowest BCUT2D eigenvalue weighted by Gasteiger charge is -2.31. The van der Waals surface area contributed by atoms with Crippen LogP contribution in [0.1, 0.15) is 22.9 Å². The molecule has 0 unspecified atom stereocenters. The summed E-state index contributed by atoms with van der Waals surface area (Å²) in [6.45, 7) is 2.03. The molecule has 174 valence electrons. The van der Waals surface area contributed by atoms with E-state index in [0.29, 0.717) is 10.9 Å². The Bertz CT molecular complexity index is 1740. The van der Waals surface area contributed by atoms with Crippen molar-refractivity contribution < 1.29 is 5.11 Å². The molecule has 1 atom stereocenters. The molecule has 0 spiro atoms. The number of para-hydroxylation sites is 2. The quantitative estimate of drug-likeness (QED) is 0.410. The number of aryl methyl sites for hydroxylation is 2. The third-order valence-electron chi connectivity index (χ3n) is 6.88. The minimum absolute atomic E-state index is 0.173. The molecule has 6 rings (SSSR count). The van der Waals surface area contributed by atoms with E-state index in [1.165, 1.54) is 11.6 Å². The van der Waals surface area contributed by atoms with Gasteiger partial charge in [0.25, 0.3) is 5.56 Å². The fourth-order valence-electron chi connectivity index (χ4n) is 5.12. The van der Waals surface area contributed by atoms with Crippen molar-refractivity contribution >= 4 is 16.6 Å². The van der Waals surface area contributed by atoms with Crippen LogP contribution in [0.3, 0.4) is 0 Å². The summed E-state index contributed by atoms with van der Waals surface area (Å²) in [5.41, 5.74) is 6.16. The maximum absolute atomic E-state index is 13.7. The Hall–Kier alpha value is -4.52. The van der Waals surface area contributed by atoms with Crippen molar-refractivity contribution in [3.63, 3.8) is 0 Å². The second kappa shape index (κ2) is 7.50. The molecule has 2 aromatic heterocycles. The van der Waals surface area contributed by atoms with Gasteiger partial charge in [-0.05, 0) is 42.3 Å². The number of rotatable bonds is 2. The molecule has 5 aromatic rings. The monoisotopic (exact) mass is 464 g/mol. The van der Waals surface area contributed by atoms with Crippen LogP contribution in [0.2, 0.25) is 0 Å². The van der Waals surface area contributed by atoms with E-state index < -0.39 is 0 Å². The second-order valence-corrected chi connectivity index (χ2v) is 9.05. The lowest BCUT2D eigenvalue weighted by Crippen LogP contribution is -2.37. The van der Waals surface area contributed by atoms with Gasteiger partial charge < -0.3 is 15.0 Å². The van der Waals surface area contributed by atoms with E-state index in [9.17, 15) is 14.7 Å². The standard InChI is InChI=1S/C28H24N4O3/c1-16-8-10-18(11-9-16)24-22-25(30(2)28(35)31(3)27(22)34)26-23(17-12-14-19(33)15-13-17)29-20-6-4-5-7-21(20)32(24)26/h4-15,23,29,33H,1-3H3/t23-/m1/s1. The Morgan fingerprint density at radius 3 is 2.26 bits per heavy atom. The average molecular weight is 465 g/mol. The fourth-order valence-corrected chi connectivity index (χ4v) is 5.12. The highest BCUT2D eigenvalue weighted by Crippen LogP contribution is 2.45. The van der Waals surface area contributed by atoms with Crippen molar-refractivity contribution in [3.05, 3.63) is 110 Å². The van der Waals surface area contributed by atoms with E-state index in [0.717, 1.165) is 39.5 Å². The Kier molecular flexibility index (Phi) is 4.51. The van der Waals surface area contributed by atoms with Crippen LogP contribution in [0.15, 0.2) is 82.4 Å². The van der Waals surface area contributed by atoms with Crippen LogP contribution in [0.25, 0.3) is 27.8 Å². The summed E-state index contributed by atoms with van der Waals surface area (Å²) in [5.74, 6) is 0.173. The molecule has 1 aliphatic rings. The number of phenolic OH excluding ortho intramolecular Hbond substituents is 1. The third kappa shape index (κ3) is 2.98. The first-order valence-electron chi connectivity index (χ1n) is 11.4. The molecule has 0 radical (unpaired) electrons. The minimum atomic E-state index is -0.380. The summed E-state index contributed by atoms with van der Waals surface area (Å²) in [6, 6.07) is 22.7. The van der Waals surface area contributed by atoms with Gasteiger partial charge in [0.15, 0.2) is 0 Å². The van der Waals surface area contributed by atoms with Gasteiger partial charge in [-0.25, -0.2) is 4.79 Å². The van der Waals surface area contributed by atoms with Gasteiger partial charge >= 0.3 is 5.69 Å². The summed E-state index contributed by atoms with van der Waals surface area (Å²) in [7, 11) is 3.22. The molecule has 35 heavy (non-hydrogen) atoms. The molecule has 0 bridgehead atoms. The molecule has 7 nitrogen and oxygen atoms in total. The third-order valence-corrected chi connectivity index (χ3v) is 6.88. The molecule has 0 saturated heterocycles. The molecule has 0 saturated carbocycles. The maximum Gasteiger partial charge on any atom is 0.331 e. The van der Waals surface area contributed by atoms with Gasteiger partial charge in [0, 0.05) is 14.1 Å². The van der Waals surface area contributed by atoms with E-state index >= 15 is 0 Å². The van der Waals surface area contributed by atoms with Crippen LogP contribution in [0.5, 0.6) is 5.75 Å². The predicted molar refractivity (Wildman–Crippen MR) is 138 cm³/mol. The Labute approximate surface area is 201 Å². The summed E-state index contributed by atoms with van der Waals surface area (Å²) in [4.78, 5) is 26.7. The van der Waals surface area contributed by atoms with Gasteiger partial charge in [-0.15, -0.1) is 0 Å². The number of aromatic hydroxyl groups is 1. The molecule has 0 fully saturated rings. The van der Waals surface area contributed by atoms with Crippen molar-refractivity contribution in [1.29, 1.82) is 0 Å². The molecule has 2 N–H and O–H groups in total. The predicted octanol–water partition coefficient (Wildman–Crippen LogP) is 4.22. The number of aromatic nitrogens is 3. The number of fused-ring (bicyclic) bond motifs is 5. The average Bonchev–Trinajstić information content (AvgIpc) is 3.23. The fraction of sp³-hybridized carbons (Fsp3) is 0.143. The van der Waals surface area contributed by atoms with Gasteiger partial charge in [0.05, 0.1) is 39.7 Å². The number of hydrogen-bond acceptors (Lipinski definition) is 4. The van der Waals surface area contributed by atoms with Crippen molar-refractivity contribution in [1.82, 2.24) is 13.7 Å². The van der Waals surface area contributed by atoms with Crippen LogP contribution in [-0.4, -0.2) is 18.8 Å². The van der Waals surface area contributed by atoms with Crippen LogP contribution in [0, 0.1) is 6.92 Å². The first-order chi connectivity index (χ1) is 16.9. The molecule has 7 heteroatoms. The van der Waals surface area contributed by atoms with Crippen molar-refractivity contribution in [2.24, 2.45) is 14.1 Å². The van der Waals surface area contributed by atoms with Gasteiger partial charge in [-0.1, -0.05) is 54.1 Å². The van der Waals surface area contributed by atoms with E-state index in [2.05, 4.69) is 9.88 Å². The smallest absolute Gasteiger partial charge is 0.331 e. The van der Waals surface area contributed by atoms with Crippen LogP contribution in [-0.2, 0) is 14.1 Å². The van der Waals surface area contributed by atoms with Crippen molar-refractivity contribution in [3.8, 4) is 22.7 Å². The number of phenols is 1. The number of nitrogens with one attached hydrogen (secondary N) is 1. The zero-order valence-electron chi connectivity index (χ0n) is 19.6. The van der Waals surface area contributed by atoms with Crippen molar-refractivity contribution in [2.75, 3.05) is 5.32 Å². The highest BCUT2D eigenvalue weighted by atomic mass is 16.3. The Morgan fingerprint density at radius 2 is 1.54 bits per heavy atom. The number of hydrogen-bond donors (Lipinski definition) is 2. The van der Waals surface area contributed by atoms with Gasteiger partial charge in [-0.3, -0.25) is 13.9 Å². The Balaban J connectivity index is 1.85. The highest BCUT2D eigenvalue weighted by Gasteiger charge is 2.34. The molecule has 3 aromatic carbocycles. The Morgan fingerprint density at radius 1 is 0.857 bits per heavy atom. The normalized spacial score (nSPS) is 14.4. The van der Waals surface area contributed by atoms with Crippen LogP contribution in [0.4, 0.5) is 5.69 Å². The van der Waals surface area contributed by atoms with E-state index in [1.54, 1.807) is 23.7 Å². The topological polar surface area (TPSA) is 81.2 Å². The summed E-state index contributed by atoms with van der Waals surface area (Å²) < 4.78 is 4.84. The number of benzene rings is 3. The second-order valence-electron chi connectivity index (χ2n) is 9.05. The molecule has 3 heterocycles. The minimum Gasteiger partial charge on any atom is -0.508 e. The zero-order chi connectivity index (χ0) is 24.4. The molecular formula is C28H24N4O3. The summed E-state index contributed by atoms with van der Waals surface area (Å²) in [5, 5.41) is 14.0. The first kappa shape index (κ1) is 21.0. The SMILES string of the molecule is Cc1ccc(-c2c3c(=O)n(C)c(=O)n(C)c3c3n2-c2ccccc2N[C@@H]3c2ccc(O)cc2)cc1. The van der Waals surface area contributed by atoms with E-state index in [-0.39, 0.29) is 23.0 Å². The molecular weight excluding hydrogens is 440 g/mol. The summed E-state index contributed by atoms with van der Waals surface area (Å²) >= 11 is 0. The largest absolute Gasteiger partial charge is 0.508 e. The number of nitrogens with zero attached hydrogens (tertiary/aromatic N) is 3. The van der Waals surface area contributed by atoms with Crippen LogP contribution >= 0.6 is 0 Å². The first-order valence-corrected chi connectivity index (χ1v) is 11.4. The van der Waals surface area contributed by atoms with E-state index in [1.807, 2.05) is 67.6 Å². The molecule has 0 amide bonds. The van der Waals surface area contributed by atoms with Crippen molar-refractivity contribution in [2.45, 2.75) is 13.0 Å². The van der Waals surface area contributed by atoms with Gasteiger partial charge in [0.2, 0.25) is 0 Å². The molecule has 1 aliphatic heterocycles. The number of anilines is 1. The van der Waals surface area contributed by atoms with Gasteiger partial charge in [-0.2, -0.15) is 0 Å². The van der Waals surface area contributed by atoms with Gasteiger partial charge in [0.1, 0.15) is 5.75 Å². The highest BCUT2D eigenvalue weighted by molar-refractivity contribution is 5.99. The lowest BCUT2D eigenvalue weighted by atomic mass is 9.99. The maximum atomic E-state index is 13.7. The lowest BCUT2D eigenvalue weighted by molar-refractivity contribution is 0.475. The van der Waals surface area contributed by atoms with Crippen LogP contribution < -0.4 is 16.6 Å². The molecule has 0 aliphatic carbocycles.